The van der Waals surface area contributed by atoms with Crippen molar-refractivity contribution in [2.24, 2.45) is 5.92 Å². The zero-order chi connectivity index (χ0) is 11.2. The van der Waals surface area contributed by atoms with Gasteiger partial charge < -0.3 is 0 Å². The predicted octanol–water partition coefficient (Wildman–Crippen LogP) is 4.48. The van der Waals surface area contributed by atoms with Gasteiger partial charge >= 0.3 is 0 Å². The van der Waals surface area contributed by atoms with Crippen molar-refractivity contribution in [1.29, 1.82) is 0 Å². The average Bonchev–Trinajstić information content (AvgIpc) is 2.38. The second-order valence-corrected chi connectivity index (χ2v) is 4.30. The molecule has 2 unspecified atom stereocenters. The molecular formula is C16H18. The predicted molar refractivity (Wildman–Crippen MR) is 70.4 cm³/mol. The zero-order valence-electron chi connectivity index (χ0n) is 9.55. The summed E-state index contributed by atoms with van der Waals surface area (Å²) in [5, 5.41) is 0. The lowest BCUT2D eigenvalue weighted by Crippen LogP contribution is -2.04. The molecule has 1 aliphatic carbocycles. The third-order valence-corrected chi connectivity index (χ3v) is 3.14. The van der Waals surface area contributed by atoms with Gasteiger partial charge in [-0.15, -0.1) is 6.58 Å². The zero-order valence-corrected chi connectivity index (χ0v) is 9.55. The molecule has 1 aromatic rings. The van der Waals surface area contributed by atoms with Crippen LogP contribution in [-0.2, 0) is 0 Å². The van der Waals surface area contributed by atoms with Crippen LogP contribution in [-0.4, -0.2) is 0 Å². The molecule has 0 saturated heterocycles. The van der Waals surface area contributed by atoms with E-state index in [-0.39, 0.29) is 0 Å². The van der Waals surface area contributed by atoms with Gasteiger partial charge in [0.25, 0.3) is 0 Å². The fourth-order valence-corrected chi connectivity index (χ4v) is 2.20. The van der Waals surface area contributed by atoms with E-state index >= 15 is 0 Å². The number of hydrogen-bond acceptors (Lipinski definition) is 0. The Morgan fingerprint density at radius 3 is 2.69 bits per heavy atom. The maximum absolute atomic E-state index is 3.96. The van der Waals surface area contributed by atoms with Crippen molar-refractivity contribution in [3.05, 3.63) is 72.9 Å². The first-order valence-electron chi connectivity index (χ1n) is 5.91. The van der Waals surface area contributed by atoms with Crippen molar-refractivity contribution < 1.29 is 0 Å². The monoisotopic (exact) mass is 210 g/mol. The van der Waals surface area contributed by atoms with Gasteiger partial charge in [0.15, 0.2) is 0 Å². The van der Waals surface area contributed by atoms with Gasteiger partial charge in [-0.1, -0.05) is 60.7 Å². The van der Waals surface area contributed by atoms with Crippen LogP contribution in [0.25, 0.3) is 0 Å². The van der Waals surface area contributed by atoms with Crippen molar-refractivity contribution in [2.45, 2.75) is 18.8 Å². The van der Waals surface area contributed by atoms with E-state index in [9.17, 15) is 0 Å². The largest absolute Gasteiger partial charge is 0.102 e. The van der Waals surface area contributed by atoms with Gasteiger partial charge in [-0.05, 0) is 24.3 Å². The minimum absolute atomic E-state index is 0.474. The number of benzene rings is 1. The van der Waals surface area contributed by atoms with E-state index in [1.807, 2.05) is 0 Å². The molecule has 0 heteroatoms. The van der Waals surface area contributed by atoms with Crippen LogP contribution >= 0.6 is 0 Å². The SMILES string of the molecule is C=CC(CC1C=CC=CC1)c1ccccc1. The van der Waals surface area contributed by atoms with Crippen LogP contribution in [0.1, 0.15) is 24.3 Å². The summed E-state index contributed by atoms with van der Waals surface area (Å²) in [7, 11) is 0. The van der Waals surface area contributed by atoms with Crippen molar-refractivity contribution in [2.75, 3.05) is 0 Å². The van der Waals surface area contributed by atoms with E-state index in [0.717, 1.165) is 12.8 Å². The van der Waals surface area contributed by atoms with Crippen LogP contribution in [0, 0.1) is 5.92 Å². The Kier molecular flexibility index (Phi) is 3.76. The minimum Gasteiger partial charge on any atom is -0.102 e. The van der Waals surface area contributed by atoms with E-state index in [4.69, 9.17) is 0 Å². The van der Waals surface area contributed by atoms with E-state index in [2.05, 4.69) is 67.3 Å². The maximum atomic E-state index is 3.96. The molecule has 0 aromatic heterocycles. The van der Waals surface area contributed by atoms with Crippen molar-refractivity contribution in [3.63, 3.8) is 0 Å². The summed E-state index contributed by atoms with van der Waals surface area (Å²) in [4.78, 5) is 0. The number of rotatable bonds is 4. The first-order valence-corrected chi connectivity index (χ1v) is 5.91. The van der Waals surface area contributed by atoms with E-state index in [0.29, 0.717) is 11.8 Å². The Bertz CT molecular complexity index is 384. The molecular weight excluding hydrogens is 192 g/mol. The molecule has 0 amide bonds. The van der Waals surface area contributed by atoms with Gasteiger partial charge in [0.05, 0.1) is 0 Å². The van der Waals surface area contributed by atoms with Gasteiger partial charge in [0.1, 0.15) is 0 Å². The summed E-state index contributed by atoms with van der Waals surface area (Å²) in [6.07, 6.45) is 13.2. The second-order valence-electron chi connectivity index (χ2n) is 4.30. The molecule has 1 aromatic carbocycles. The fourth-order valence-electron chi connectivity index (χ4n) is 2.20. The minimum atomic E-state index is 0.474. The Morgan fingerprint density at radius 2 is 2.06 bits per heavy atom. The summed E-state index contributed by atoms with van der Waals surface area (Å²) in [6, 6.07) is 10.6. The highest BCUT2D eigenvalue weighted by Crippen LogP contribution is 2.28. The highest BCUT2D eigenvalue weighted by molar-refractivity contribution is 5.24. The number of hydrogen-bond donors (Lipinski definition) is 0. The molecule has 16 heavy (non-hydrogen) atoms. The van der Waals surface area contributed by atoms with Crippen LogP contribution in [0.3, 0.4) is 0 Å². The third kappa shape index (κ3) is 2.73. The molecule has 0 aliphatic heterocycles. The highest BCUT2D eigenvalue weighted by Gasteiger charge is 2.13. The quantitative estimate of drug-likeness (QED) is 0.643. The summed E-state index contributed by atoms with van der Waals surface area (Å²) in [6.45, 7) is 3.96. The van der Waals surface area contributed by atoms with Crippen molar-refractivity contribution in [3.8, 4) is 0 Å². The lowest BCUT2D eigenvalue weighted by Gasteiger charge is -2.19. The molecule has 0 N–H and O–H groups in total. The molecule has 0 fully saturated rings. The lowest BCUT2D eigenvalue weighted by molar-refractivity contribution is 0.558. The van der Waals surface area contributed by atoms with E-state index in [1.165, 1.54) is 5.56 Å². The summed E-state index contributed by atoms with van der Waals surface area (Å²) in [5.74, 6) is 1.13. The Labute approximate surface area is 98.0 Å². The molecule has 0 radical (unpaired) electrons. The Hall–Kier alpha value is -1.56. The van der Waals surface area contributed by atoms with Gasteiger partial charge in [-0.3, -0.25) is 0 Å². The van der Waals surface area contributed by atoms with Crippen molar-refractivity contribution >= 4 is 0 Å². The van der Waals surface area contributed by atoms with Crippen LogP contribution in [0.5, 0.6) is 0 Å². The van der Waals surface area contributed by atoms with E-state index < -0.39 is 0 Å². The van der Waals surface area contributed by atoms with Crippen LogP contribution in [0.2, 0.25) is 0 Å². The molecule has 0 saturated carbocycles. The van der Waals surface area contributed by atoms with Gasteiger partial charge in [-0.2, -0.15) is 0 Å². The molecule has 82 valence electrons. The molecule has 0 bridgehead atoms. The molecule has 1 aliphatic rings. The molecule has 0 spiro atoms. The van der Waals surface area contributed by atoms with Crippen LogP contribution in [0.15, 0.2) is 67.3 Å². The average molecular weight is 210 g/mol. The summed E-state index contributed by atoms with van der Waals surface area (Å²) >= 11 is 0. The molecule has 0 heterocycles. The maximum Gasteiger partial charge on any atom is 0.00210 e. The lowest BCUT2D eigenvalue weighted by atomic mass is 9.86. The standard InChI is InChI=1S/C16H18/c1-2-15(16-11-7-4-8-12-16)13-14-9-5-3-6-10-14/h2-9,11-12,14-15H,1,10,13H2. The van der Waals surface area contributed by atoms with Gasteiger partial charge in [0.2, 0.25) is 0 Å². The molecule has 0 nitrogen and oxygen atoms in total. The second kappa shape index (κ2) is 5.50. The van der Waals surface area contributed by atoms with Gasteiger partial charge in [-0.25, -0.2) is 0 Å². The summed E-state index contributed by atoms with van der Waals surface area (Å²) < 4.78 is 0. The Morgan fingerprint density at radius 1 is 1.25 bits per heavy atom. The number of allylic oxidation sites excluding steroid dienone is 5. The van der Waals surface area contributed by atoms with Gasteiger partial charge in [0, 0.05) is 5.92 Å². The third-order valence-electron chi connectivity index (χ3n) is 3.14. The Balaban J connectivity index is 2.04. The molecule has 2 rings (SSSR count). The smallest absolute Gasteiger partial charge is 0.00210 e. The normalized spacial score (nSPS) is 20.6. The fraction of sp³-hybridized carbons (Fsp3) is 0.250. The molecule has 2 atom stereocenters. The summed E-state index contributed by atoms with van der Waals surface area (Å²) in [5.41, 5.74) is 1.38. The van der Waals surface area contributed by atoms with Crippen LogP contribution < -0.4 is 0 Å². The van der Waals surface area contributed by atoms with Crippen molar-refractivity contribution in [1.82, 2.24) is 0 Å². The topological polar surface area (TPSA) is 0 Å². The van der Waals surface area contributed by atoms with Crippen LogP contribution in [0.4, 0.5) is 0 Å². The first kappa shape index (κ1) is 10.9. The highest BCUT2D eigenvalue weighted by atomic mass is 14.2. The first-order chi connectivity index (χ1) is 7.90. The van der Waals surface area contributed by atoms with E-state index in [1.54, 1.807) is 0 Å².